The number of carbonyl (C=O) groups excluding carboxylic acids is 2. The Morgan fingerprint density at radius 3 is 2.60 bits per heavy atom. The summed E-state index contributed by atoms with van der Waals surface area (Å²) >= 11 is 0.955. The van der Waals surface area contributed by atoms with Crippen LogP contribution in [0.4, 0.5) is 10.5 Å². The van der Waals surface area contributed by atoms with Crippen LogP contribution in [0.2, 0.25) is 0 Å². The lowest BCUT2D eigenvalue weighted by Gasteiger charge is -2.20. The Hall–Kier alpha value is -1.75. The van der Waals surface area contributed by atoms with Crippen LogP contribution in [0, 0.1) is 6.92 Å². The van der Waals surface area contributed by atoms with Crippen molar-refractivity contribution in [1.29, 1.82) is 0 Å². The molecule has 2 fully saturated rings. The number of amides is 2. The van der Waals surface area contributed by atoms with Crippen molar-refractivity contribution in [1.82, 2.24) is 5.32 Å². The molecule has 2 aliphatic rings. The monoisotopic (exact) mass is 288 g/mol. The number of aryl methyl sites for hydroxylation is 1. The van der Waals surface area contributed by atoms with Gasteiger partial charge in [0.2, 0.25) is 0 Å². The second-order valence-electron chi connectivity index (χ2n) is 5.09. The average molecular weight is 288 g/mol. The Labute approximate surface area is 122 Å². The summed E-state index contributed by atoms with van der Waals surface area (Å²) in [5, 5.41) is 1.97. The smallest absolute Gasteiger partial charge is 0.290 e. The maximum atomic E-state index is 11.5. The van der Waals surface area contributed by atoms with Crippen molar-refractivity contribution in [2.24, 2.45) is 0 Å². The molecule has 2 amide bonds. The molecule has 20 heavy (non-hydrogen) atoms. The van der Waals surface area contributed by atoms with E-state index >= 15 is 0 Å². The van der Waals surface area contributed by atoms with Crippen LogP contribution in [0.5, 0.6) is 0 Å². The summed E-state index contributed by atoms with van der Waals surface area (Å²) in [5.74, 6) is -0.304. The molecular weight excluding hydrogens is 272 g/mol. The molecule has 2 heterocycles. The number of thioether (sulfide) groups is 1. The molecule has 0 aliphatic carbocycles. The van der Waals surface area contributed by atoms with E-state index in [1.165, 1.54) is 24.1 Å². The Balaban J connectivity index is 1.85. The normalized spacial score (nSPS) is 20.9. The quantitative estimate of drug-likeness (QED) is 0.850. The lowest BCUT2D eigenvalue weighted by atomic mass is 10.1. The minimum absolute atomic E-state index is 0.299. The van der Waals surface area contributed by atoms with E-state index in [2.05, 4.69) is 29.3 Å². The summed E-state index contributed by atoms with van der Waals surface area (Å²) in [4.78, 5) is 25.5. The standard InChI is InChI=1S/C15H16N2O2S/c1-10-8-11(9-13-14(18)16-15(19)20-13)4-5-12(10)17-6-2-3-7-17/h4-5,8-9H,2-3,6-7H2,1H3,(H,16,18,19). The van der Waals surface area contributed by atoms with Gasteiger partial charge in [0.05, 0.1) is 4.91 Å². The molecule has 0 aromatic heterocycles. The molecule has 1 aromatic carbocycles. The summed E-state index contributed by atoms with van der Waals surface area (Å²) in [6, 6.07) is 6.17. The number of nitrogens with zero attached hydrogens (tertiary/aromatic N) is 1. The molecule has 2 aliphatic heterocycles. The van der Waals surface area contributed by atoms with Gasteiger partial charge in [0.25, 0.3) is 11.1 Å². The highest BCUT2D eigenvalue weighted by molar-refractivity contribution is 8.18. The van der Waals surface area contributed by atoms with Gasteiger partial charge in [-0.25, -0.2) is 0 Å². The van der Waals surface area contributed by atoms with E-state index in [1.54, 1.807) is 6.08 Å². The number of carbonyl (C=O) groups is 2. The molecule has 0 spiro atoms. The van der Waals surface area contributed by atoms with Crippen LogP contribution in [-0.2, 0) is 4.79 Å². The third-order valence-electron chi connectivity index (χ3n) is 3.61. The number of benzene rings is 1. The zero-order valence-electron chi connectivity index (χ0n) is 11.3. The second kappa shape index (κ2) is 5.32. The number of anilines is 1. The maximum absolute atomic E-state index is 11.5. The average Bonchev–Trinajstić information content (AvgIpc) is 3.00. The van der Waals surface area contributed by atoms with Gasteiger partial charge in [-0.3, -0.25) is 14.9 Å². The van der Waals surface area contributed by atoms with Gasteiger partial charge in [-0.05, 0) is 60.9 Å². The molecule has 0 atom stereocenters. The van der Waals surface area contributed by atoms with E-state index in [0.29, 0.717) is 4.91 Å². The Morgan fingerprint density at radius 2 is 2.00 bits per heavy atom. The summed E-state index contributed by atoms with van der Waals surface area (Å²) in [6.45, 7) is 4.32. The molecule has 2 saturated heterocycles. The fourth-order valence-electron chi connectivity index (χ4n) is 2.65. The molecule has 3 rings (SSSR count). The van der Waals surface area contributed by atoms with Gasteiger partial charge in [0.1, 0.15) is 0 Å². The lowest BCUT2D eigenvalue weighted by Crippen LogP contribution is -2.18. The number of nitrogens with one attached hydrogen (secondary N) is 1. The van der Waals surface area contributed by atoms with Gasteiger partial charge in [0, 0.05) is 18.8 Å². The highest BCUT2D eigenvalue weighted by Crippen LogP contribution is 2.29. The molecule has 0 unspecified atom stereocenters. The summed E-state index contributed by atoms with van der Waals surface area (Å²) in [6.07, 6.45) is 4.28. The number of hydrogen-bond acceptors (Lipinski definition) is 4. The largest absolute Gasteiger partial charge is 0.371 e. The van der Waals surface area contributed by atoms with Crippen LogP contribution in [0.1, 0.15) is 24.0 Å². The minimum atomic E-state index is -0.304. The van der Waals surface area contributed by atoms with Crippen LogP contribution in [-0.4, -0.2) is 24.2 Å². The third kappa shape index (κ3) is 2.58. The van der Waals surface area contributed by atoms with E-state index in [9.17, 15) is 9.59 Å². The van der Waals surface area contributed by atoms with Crippen molar-refractivity contribution in [2.75, 3.05) is 18.0 Å². The Kier molecular flexibility index (Phi) is 3.53. The Morgan fingerprint density at radius 1 is 1.25 bits per heavy atom. The van der Waals surface area contributed by atoms with E-state index in [1.807, 2.05) is 6.07 Å². The van der Waals surface area contributed by atoms with Gasteiger partial charge in [-0.2, -0.15) is 0 Å². The highest BCUT2D eigenvalue weighted by Gasteiger charge is 2.25. The van der Waals surface area contributed by atoms with Crippen LogP contribution in [0.15, 0.2) is 23.1 Å². The van der Waals surface area contributed by atoms with Gasteiger partial charge >= 0.3 is 0 Å². The Bertz CT molecular complexity index is 604. The van der Waals surface area contributed by atoms with E-state index in [4.69, 9.17) is 0 Å². The third-order valence-corrected chi connectivity index (χ3v) is 4.42. The van der Waals surface area contributed by atoms with Crippen molar-refractivity contribution in [3.63, 3.8) is 0 Å². The minimum Gasteiger partial charge on any atom is -0.371 e. The second-order valence-corrected chi connectivity index (χ2v) is 6.11. The topological polar surface area (TPSA) is 49.4 Å². The van der Waals surface area contributed by atoms with Crippen molar-refractivity contribution < 1.29 is 9.59 Å². The van der Waals surface area contributed by atoms with Gasteiger partial charge in [-0.1, -0.05) is 6.07 Å². The van der Waals surface area contributed by atoms with Crippen LogP contribution in [0.3, 0.4) is 0 Å². The number of imide groups is 1. The first-order valence-electron chi connectivity index (χ1n) is 6.74. The first-order valence-corrected chi connectivity index (χ1v) is 7.55. The number of hydrogen-bond donors (Lipinski definition) is 1. The number of rotatable bonds is 2. The van der Waals surface area contributed by atoms with Crippen molar-refractivity contribution in [3.05, 3.63) is 34.2 Å². The zero-order valence-corrected chi connectivity index (χ0v) is 12.1. The highest BCUT2D eigenvalue weighted by atomic mass is 32.2. The van der Waals surface area contributed by atoms with Crippen molar-refractivity contribution in [2.45, 2.75) is 19.8 Å². The fourth-order valence-corrected chi connectivity index (χ4v) is 3.34. The zero-order chi connectivity index (χ0) is 14.1. The van der Waals surface area contributed by atoms with Crippen molar-refractivity contribution >= 4 is 34.7 Å². The van der Waals surface area contributed by atoms with Crippen LogP contribution < -0.4 is 10.2 Å². The predicted molar refractivity (Wildman–Crippen MR) is 81.7 cm³/mol. The molecular formula is C15H16N2O2S. The predicted octanol–water partition coefficient (Wildman–Crippen LogP) is 2.92. The summed E-state index contributed by atoms with van der Waals surface area (Å²) < 4.78 is 0. The van der Waals surface area contributed by atoms with E-state index in [0.717, 1.165) is 30.4 Å². The molecule has 1 N–H and O–H groups in total. The van der Waals surface area contributed by atoms with E-state index < -0.39 is 0 Å². The molecule has 0 radical (unpaired) electrons. The van der Waals surface area contributed by atoms with Crippen LogP contribution in [0.25, 0.3) is 6.08 Å². The summed E-state index contributed by atoms with van der Waals surface area (Å²) in [7, 11) is 0. The van der Waals surface area contributed by atoms with Gasteiger partial charge < -0.3 is 4.90 Å². The van der Waals surface area contributed by atoms with Gasteiger partial charge in [-0.15, -0.1) is 0 Å². The van der Waals surface area contributed by atoms with E-state index in [-0.39, 0.29) is 11.1 Å². The van der Waals surface area contributed by atoms with Crippen molar-refractivity contribution in [3.8, 4) is 0 Å². The van der Waals surface area contributed by atoms with Crippen LogP contribution >= 0.6 is 11.8 Å². The fraction of sp³-hybridized carbons (Fsp3) is 0.333. The maximum Gasteiger partial charge on any atom is 0.290 e. The molecule has 0 bridgehead atoms. The first kappa shape index (κ1) is 13.2. The summed E-state index contributed by atoms with van der Waals surface area (Å²) in [5.41, 5.74) is 3.43. The molecule has 4 nitrogen and oxygen atoms in total. The molecule has 1 aromatic rings. The molecule has 104 valence electrons. The SMILES string of the molecule is Cc1cc(C=C2SC(=O)NC2=O)ccc1N1CCCC1. The first-order chi connectivity index (χ1) is 9.63. The lowest BCUT2D eigenvalue weighted by molar-refractivity contribution is -0.115. The van der Waals surface area contributed by atoms with Gasteiger partial charge in [0.15, 0.2) is 0 Å². The molecule has 0 saturated carbocycles. The molecule has 5 heteroatoms.